The van der Waals surface area contributed by atoms with Gasteiger partial charge < -0.3 is 5.32 Å². The SMILES string of the molecule is O=C(Nc1cnc(C(F)(F)F)nc1)C(F)F. The maximum Gasteiger partial charge on any atom is 0.451 e. The molecule has 0 spiro atoms. The minimum atomic E-state index is -4.72. The van der Waals surface area contributed by atoms with Gasteiger partial charge in [0.1, 0.15) is 0 Å². The number of hydrogen-bond donors (Lipinski definition) is 1. The monoisotopic (exact) mass is 241 g/mol. The molecule has 0 aliphatic rings. The van der Waals surface area contributed by atoms with E-state index in [2.05, 4.69) is 9.97 Å². The second kappa shape index (κ2) is 4.37. The normalized spacial score (nSPS) is 11.6. The van der Waals surface area contributed by atoms with E-state index < -0.39 is 24.3 Å². The van der Waals surface area contributed by atoms with Crippen LogP contribution in [0.1, 0.15) is 5.82 Å². The van der Waals surface area contributed by atoms with Crippen molar-refractivity contribution in [3.63, 3.8) is 0 Å². The summed E-state index contributed by atoms with van der Waals surface area (Å²) in [7, 11) is 0. The molecule has 1 N–H and O–H groups in total. The highest BCUT2D eigenvalue weighted by Gasteiger charge is 2.34. The molecule has 1 aromatic rings. The predicted octanol–water partition coefficient (Wildman–Crippen LogP) is 1.70. The van der Waals surface area contributed by atoms with Gasteiger partial charge >= 0.3 is 12.6 Å². The summed E-state index contributed by atoms with van der Waals surface area (Å²) in [5, 5.41) is 1.64. The Morgan fingerprint density at radius 2 is 1.75 bits per heavy atom. The highest BCUT2D eigenvalue weighted by Crippen LogP contribution is 2.25. The highest BCUT2D eigenvalue weighted by atomic mass is 19.4. The van der Waals surface area contributed by atoms with E-state index in [0.29, 0.717) is 12.4 Å². The van der Waals surface area contributed by atoms with Crippen LogP contribution in [-0.2, 0) is 11.0 Å². The molecule has 16 heavy (non-hydrogen) atoms. The first-order valence-corrected chi connectivity index (χ1v) is 3.79. The third kappa shape index (κ3) is 3.11. The standard InChI is InChI=1S/C7H4F5N3O/c8-4(9)5(16)15-3-1-13-6(14-2-3)7(10,11)12/h1-2,4H,(H,15,16). The topological polar surface area (TPSA) is 54.9 Å². The molecule has 1 aromatic heterocycles. The number of halogens is 5. The summed E-state index contributed by atoms with van der Waals surface area (Å²) in [4.78, 5) is 16.2. The van der Waals surface area contributed by atoms with Crippen LogP contribution in [0.25, 0.3) is 0 Å². The molecule has 0 aromatic carbocycles. The fourth-order valence-corrected chi connectivity index (χ4v) is 0.736. The van der Waals surface area contributed by atoms with Gasteiger partial charge in [-0.1, -0.05) is 0 Å². The van der Waals surface area contributed by atoms with Crippen molar-refractivity contribution in [3.8, 4) is 0 Å². The van der Waals surface area contributed by atoms with Crippen LogP contribution >= 0.6 is 0 Å². The van der Waals surface area contributed by atoms with E-state index in [0.717, 1.165) is 0 Å². The van der Waals surface area contributed by atoms with Gasteiger partial charge in [0.25, 0.3) is 5.91 Å². The van der Waals surface area contributed by atoms with Crippen LogP contribution in [0, 0.1) is 0 Å². The minimum absolute atomic E-state index is 0.335. The van der Waals surface area contributed by atoms with Crippen molar-refractivity contribution < 1.29 is 26.7 Å². The fourth-order valence-electron chi connectivity index (χ4n) is 0.736. The van der Waals surface area contributed by atoms with E-state index in [1.54, 1.807) is 5.32 Å². The van der Waals surface area contributed by atoms with E-state index in [1.807, 2.05) is 0 Å². The highest BCUT2D eigenvalue weighted by molar-refractivity contribution is 5.92. The number of nitrogens with one attached hydrogen (secondary N) is 1. The number of rotatable bonds is 2. The van der Waals surface area contributed by atoms with Crippen molar-refractivity contribution in [2.75, 3.05) is 5.32 Å². The number of alkyl halides is 5. The van der Waals surface area contributed by atoms with Crippen molar-refractivity contribution in [1.82, 2.24) is 9.97 Å². The van der Waals surface area contributed by atoms with Crippen molar-refractivity contribution >= 4 is 11.6 Å². The lowest BCUT2D eigenvalue weighted by Crippen LogP contribution is -2.20. The Morgan fingerprint density at radius 1 is 1.25 bits per heavy atom. The molecule has 0 radical (unpaired) electrons. The van der Waals surface area contributed by atoms with Crippen LogP contribution in [0.4, 0.5) is 27.6 Å². The van der Waals surface area contributed by atoms with Crippen LogP contribution < -0.4 is 5.32 Å². The Balaban J connectivity index is 2.76. The van der Waals surface area contributed by atoms with Gasteiger partial charge in [-0.3, -0.25) is 4.79 Å². The molecule has 0 saturated heterocycles. The quantitative estimate of drug-likeness (QED) is 0.801. The predicted molar refractivity (Wildman–Crippen MR) is 41.7 cm³/mol. The Bertz CT molecular complexity index is 375. The molecule has 0 unspecified atom stereocenters. The van der Waals surface area contributed by atoms with E-state index in [1.165, 1.54) is 0 Å². The lowest BCUT2D eigenvalue weighted by atomic mass is 10.4. The summed E-state index contributed by atoms with van der Waals surface area (Å²) in [6.45, 7) is 0. The van der Waals surface area contributed by atoms with Gasteiger partial charge in [-0.25, -0.2) is 9.97 Å². The fraction of sp³-hybridized carbons (Fsp3) is 0.286. The second-order valence-corrected chi connectivity index (χ2v) is 2.58. The average Bonchev–Trinajstić information content (AvgIpc) is 2.17. The summed E-state index contributed by atoms with van der Waals surface area (Å²) in [6, 6.07) is 0. The van der Waals surface area contributed by atoms with Crippen molar-refractivity contribution in [2.45, 2.75) is 12.6 Å². The van der Waals surface area contributed by atoms with Gasteiger partial charge in [-0.05, 0) is 0 Å². The number of carbonyl (C=O) groups is 1. The van der Waals surface area contributed by atoms with Gasteiger partial charge in [0.2, 0.25) is 5.82 Å². The molecule has 0 bridgehead atoms. The Kier molecular flexibility index (Phi) is 3.35. The smallest absolute Gasteiger partial charge is 0.318 e. The van der Waals surface area contributed by atoms with Gasteiger partial charge in [-0.15, -0.1) is 0 Å². The molecule has 0 fully saturated rings. The Hall–Kier alpha value is -1.80. The largest absolute Gasteiger partial charge is 0.451 e. The van der Waals surface area contributed by atoms with Gasteiger partial charge in [0.15, 0.2) is 0 Å². The first kappa shape index (κ1) is 12.3. The number of aromatic nitrogens is 2. The van der Waals surface area contributed by atoms with Gasteiger partial charge in [0, 0.05) is 0 Å². The van der Waals surface area contributed by atoms with E-state index in [9.17, 15) is 26.7 Å². The number of amides is 1. The third-order valence-corrected chi connectivity index (χ3v) is 1.37. The molecule has 0 aliphatic carbocycles. The first-order chi connectivity index (χ1) is 7.30. The zero-order valence-corrected chi connectivity index (χ0v) is 7.42. The molecular formula is C7H4F5N3O. The third-order valence-electron chi connectivity index (χ3n) is 1.37. The van der Waals surface area contributed by atoms with E-state index >= 15 is 0 Å². The second-order valence-electron chi connectivity index (χ2n) is 2.58. The molecule has 4 nitrogen and oxygen atoms in total. The maximum absolute atomic E-state index is 12.0. The molecule has 0 aliphatic heterocycles. The van der Waals surface area contributed by atoms with E-state index in [-0.39, 0.29) is 5.69 Å². The zero-order valence-electron chi connectivity index (χ0n) is 7.42. The molecule has 9 heteroatoms. The van der Waals surface area contributed by atoms with Gasteiger partial charge in [-0.2, -0.15) is 22.0 Å². The van der Waals surface area contributed by atoms with Crippen LogP contribution in [0.2, 0.25) is 0 Å². The number of carbonyl (C=O) groups excluding carboxylic acids is 1. The number of hydrogen-bond acceptors (Lipinski definition) is 3. The molecule has 0 atom stereocenters. The molecule has 1 heterocycles. The molecule has 1 amide bonds. The summed E-state index contributed by atoms with van der Waals surface area (Å²) < 4.78 is 59.4. The molecular weight excluding hydrogens is 237 g/mol. The maximum atomic E-state index is 12.0. The van der Waals surface area contributed by atoms with Crippen molar-refractivity contribution in [3.05, 3.63) is 18.2 Å². The minimum Gasteiger partial charge on any atom is -0.318 e. The van der Waals surface area contributed by atoms with E-state index in [4.69, 9.17) is 0 Å². The molecule has 1 rings (SSSR count). The summed E-state index contributed by atoms with van der Waals surface area (Å²) in [5.41, 5.74) is -0.335. The van der Waals surface area contributed by atoms with Gasteiger partial charge in [0.05, 0.1) is 18.1 Å². The molecule has 88 valence electrons. The summed E-state index contributed by atoms with van der Waals surface area (Å²) in [6.07, 6.45) is -6.79. The zero-order chi connectivity index (χ0) is 12.3. The van der Waals surface area contributed by atoms with Crippen molar-refractivity contribution in [1.29, 1.82) is 0 Å². The Labute approximate surface area is 85.5 Å². The first-order valence-electron chi connectivity index (χ1n) is 3.79. The number of anilines is 1. The lowest BCUT2D eigenvalue weighted by molar-refractivity contribution is -0.144. The summed E-state index contributed by atoms with van der Waals surface area (Å²) >= 11 is 0. The number of nitrogens with zero attached hydrogens (tertiary/aromatic N) is 2. The summed E-state index contributed by atoms with van der Waals surface area (Å²) in [5.74, 6) is -3.05. The van der Waals surface area contributed by atoms with Crippen molar-refractivity contribution in [2.24, 2.45) is 0 Å². The lowest BCUT2D eigenvalue weighted by Gasteiger charge is -2.06. The van der Waals surface area contributed by atoms with Crippen LogP contribution in [-0.4, -0.2) is 22.3 Å². The van der Waals surface area contributed by atoms with Crippen LogP contribution in [0.5, 0.6) is 0 Å². The average molecular weight is 241 g/mol. The van der Waals surface area contributed by atoms with Crippen LogP contribution in [0.3, 0.4) is 0 Å². The Morgan fingerprint density at radius 3 is 2.12 bits per heavy atom. The molecule has 0 saturated carbocycles. The van der Waals surface area contributed by atoms with Crippen LogP contribution in [0.15, 0.2) is 12.4 Å².